The van der Waals surface area contributed by atoms with Gasteiger partial charge in [-0.2, -0.15) is 0 Å². The van der Waals surface area contributed by atoms with Crippen molar-refractivity contribution in [2.24, 2.45) is 5.92 Å². The predicted molar refractivity (Wildman–Crippen MR) is 115 cm³/mol. The molecule has 0 amide bonds. The summed E-state index contributed by atoms with van der Waals surface area (Å²) in [6.07, 6.45) is 4.84. The number of rotatable bonds is 6. The van der Waals surface area contributed by atoms with E-state index < -0.39 is 0 Å². The lowest BCUT2D eigenvalue weighted by Gasteiger charge is -2.42. The Bertz CT molecular complexity index is 1010. The molecule has 6 nitrogen and oxygen atoms in total. The zero-order valence-corrected chi connectivity index (χ0v) is 17.6. The van der Waals surface area contributed by atoms with E-state index in [9.17, 15) is 4.79 Å². The first kappa shape index (κ1) is 18.8. The highest BCUT2D eigenvalue weighted by atomic mass is 32.1. The lowest BCUT2D eigenvalue weighted by Crippen LogP contribution is -2.47. The van der Waals surface area contributed by atoms with Crippen LogP contribution in [0.1, 0.15) is 34.2 Å². The Hall–Kier alpha value is -2.22. The molecule has 5 heterocycles. The molecule has 0 aromatic carbocycles. The van der Waals surface area contributed by atoms with E-state index in [-0.39, 0.29) is 5.56 Å². The van der Waals surface area contributed by atoms with Gasteiger partial charge in [0.25, 0.3) is 5.56 Å². The molecule has 7 heteroatoms. The van der Waals surface area contributed by atoms with Crippen molar-refractivity contribution in [3.05, 3.63) is 74.4 Å². The highest BCUT2D eigenvalue weighted by Gasteiger charge is 2.35. The fourth-order valence-electron chi connectivity index (χ4n) is 4.97. The number of nitrogens with zero attached hydrogens (tertiary/aromatic N) is 4. The van der Waals surface area contributed by atoms with Crippen LogP contribution in [0.4, 0.5) is 0 Å². The Morgan fingerprint density at radius 2 is 2.17 bits per heavy atom. The van der Waals surface area contributed by atoms with Gasteiger partial charge in [0.1, 0.15) is 0 Å². The Balaban J connectivity index is 1.32. The molecule has 0 saturated carbocycles. The van der Waals surface area contributed by atoms with Gasteiger partial charge in [0.2, 0.25) is 0 Å². The average molecular weight is 410 g/mol. The van der Waals surface area contributed by atoms with Crippen LogP contribution in [-0.2, 0) is 26.2 Å². The van der Waals surface area contributed by atoms with E-state index in [1.54, 1.807) is 17.7 Å². The van der Waals surface area contributed by atoms with Gasteiger partial charge < -0.3 is 9.55 Å². The molecule has 0 unspecified atom stereocenters. The van der Waals surface area contributed by atoms with Crippen LogP contribution in [0.5, 0.6) is 0 Å². The first-order chi connectivity index (χ1) is 14.2. The summed E-state index contributed by atoms with van der Waals surface area (Å²) in [7, 11) is 2.09. The average Bonchev–Trinajstić information content (AvgIpc) is 3.39. The summed E-state index contributed by atoms with van der Waals surface area (Å²) in [6, 6.07) is 8.50. The first-order valence-electron chi connectivity index (χ1n) is 10.3. The Kier molecular flexibility index (Phi) is 5.11. The van der Waals surface area contributed by atoms with Gasteiger partial charge in [0.05, 0.1) is 6.33 Å². The molecule has 1 N–H and O–H groups in total. The summed E-state index contributed by atoms with van der Waals surface area (Å²) in [6.45, 7) is 5.37. The van der Waals surface area contributed by atoms with E-state index in [1.807, 2.05) is 6.20 Å². The van der Waals surface area contributed by atoms with Crippen LogP contribution in [0.15, 0.2) is 47.0 Å². The predicted octanol–water partition coefficient (Wildman–Crippen LogP) is 2.88. The summed E-state index contributed by atoms with van der Waals surface area (Å²) in [5, 5.41) is 2.10. The fraction of sp³-hybridized carbons (Fsp3) is 0.455. The number of nitrogens with one attached hydrogen (secondary N) is 1. The summed E-state index contributed by atoms with van der Waals surface area (Å²) >= 11 is 1.77. The van der Waals surface area contributed by atoms with E-state index in [0.29, 0.717) is 18.4 Å². The Labute approximate surface area is 174 Å². The maximum Gasteiger partial charge on any atom is 0.255 e. The zero-order chi connectivity index (χ0) is 19.8. The monoisotopic (exact) mass is 409 g/mol. The lowest BCUT2D eigenvalue weighted by molar-refractivity contribution is 0.113. The van der Waals surface area contributed by atoms with Crippen molar-refractivity contribution in [1.29, 1.82) is 0 Å². The van der Waals surface area contributed by atoms with Crippen LogP contribution >= 0.6 is 11.3 Å². The van der Waals surface area contributed by atoms with Gasteiger partial charge in [-0.1, -0.05) is 12.1 Å². The summed E-state index contributed by atoms with van der Waals surface area (Å²) in [5.41, 5.74) is 3.48. The van der Waals surface area contributed by atoms with Crippen molar-refractivity contribution >= 4 is 11.3 Å². The Morgan fingerprint density at radius 1 is 1.24 bits per heavy atom. The molecule has 2 bridgehead atoms. The largest absolute Gasteiger partial charge is 0.347 e. The maximum absolute atomic E-state index is 13.2. The van der Waals surface area contributed by atoms with Crippen LogP contribution in [0.25, 0.3) is 0 Å². The van der Waals surface area contributed by atoms with E-state index in [1.165, 1.54) is 17.0 Å². The van der Waals surface area contributed by atoms with Gasteiger partial charge in [-0.05, 0) is 36.9 Å². The van der Waals surface area contributed by atoms with E-state index in [4.69, 9.17) is 0 Å². The number of piperidine rings is 1. The molecule has 0 spiro atoms. The van der Waals surface area contributed by atoms with Crippen molar-refractivity contribution in [3.63, 3.8) is 0 Å². The standard InChI is InChI=1S/C22H27N5OS/c1-25(14-20-3-2-6-29-20)11-17-4-5-21-18-7-16(10-27(21)22(17)28)9-26(12-18)13-19-8-23-15-24-19/h2-6,8,15-16,18H,7,9-14H2,1H3,(H,23,24)/t16-,18+/m0/s1. The van der Waals surface area contributed by atoms with Gasteiger partial charge in [-0.15, -0.1) is 11.3 Å². The minimum atomic E-state index is 0.206. The van der Waals surface area contributed by atoms with E-state index >= 15 is 0 Å². The Morgan fingerprint density at radius 3 is 2.97 bits per heavy atom. The minimum Gasteiger partial charge on any atom is -0.347 e. The van der Waals surface area contributed by atoms with E-state index in [2.05, 4.69) is 61.0 Å². The van der Waals surface area contributed by atoms with Crippen molar-refractivity contribution in [3.8, 4) is 0 Å². The topological polar surface area (TPSA) is 57.2 Å². The first-order valence-corrected chi connectivity index (χ1v) is 11.2. The lowest BCUT2D eigenvalue weighted by atomic mass is 9.83. The summed E-state index contributed by atoms with van der Waals surface area (Å²) < 4.78 is 2.07. The third-order valence-corrected chi connectivity index (χ3v) is 7.01. The molecule has 1 saturated heterocycles. The molecule has 0 radical (unpaired) electrons. The fourth-order valence-corrected chi connectivity index (χ4v) is 5.75. The van der Waals surface area contributed by atoms with Gasteiger partial charge in [0.15, 0.2) is 0 Å². The summed E-state index contributed by atoms with van der Waals surface area (Å²) in [5.74, 6) is 0.983. The molecule has 1 fully saturated rings. The molecule has 0 aliphatic carbocycles. The number of pyridine rings is 1. The SMILES string of the molecule is CN(Cc1cccs1)Cc1ccc2n(c1=O)C[C@H]1C[C@@H]2CN(Cc2cnc[nH]2)C1. The van der Waals surface area contributed by atoms with Crippen molar-refractivity contribution < 1.29 is 0 Å². The van der Waals surface area contributed by atoms with Crippen LogP contribution < -0.4 is 5.56 Å². The maximum atomic E-state index is 13.2. The third kappa shape index (κ3) is 3.95. The molecule has 3 aromatic rings. The second kappa shape index (κ2) is 7.89. The molecule has 2 aliphatic rings. The molecule has 152 valence electrons. The highest BCUT2D eigenvalue weighted by molar-refractivity contribution is 7.09. The molecule has 5 rings (SSSR count). The smallest absolute Gasteiger partial charge is 0.255 e. The molecule has 2 aliphatic heterocycles. The van der Waals surface area contributed by atoms with Crippen molar-refractivity contribution in [2.45, 2.75) is 38.5 Å². The molecule has 29 heavy (non-hydrogen) atoms. The molecular formula is C22H27N5OS. The van der Waals surface area contributed by atoms with E-state index in [0.717, 1.165) is 44.0 Å². The normalized spacial score (nSPS) is 21.4. The highest BCUT2D eigenvalue weighted by Crippen LogP contribution is 2.35. The number of likely N-dealkylation sites (tertiary alicyclic amines) is 1. The van der Waals surface area contributed by atoms with Crippen LogP contribution in [0.2, 0.25) is 0 Å². The quantitative estimate of drug-likeness (QED) is 0.680. The number of aromatic nitrogens is 3. The minimum absolute atomic E-state index is 0.206. The zero-order valence-electron chi connectivity index (χ0n) is 16.8. The molecule has 2 atom stereocenters. The number of aromatic amines is 1. The van der Waals surface area contributed by atoms with Gasteiger partial charge in [-0.25, -0.2) is 4.98 Å². The van der Waals surface area contributed by atoms with Crippen LogP contribution in [0, 0.1) is 5.92 Å². The second-order valence-corrected chi connectivity index (χ2v) is 9.55. The number of H-pyrrole nitrogens is 1. The summed E-state index contributed by atoms with van der Waals surface area (Å²) in [4.78, 5) is 26.6. The number of imidazole rings is 1. The third-order valence-electron chi connectivity index (χ3n) is 6.15. The molecule has 3 aromatic heterocycles. The van der Waals surface area contributed by atoms with Gasteiger partial charge in [0, 0.05) is 73.2 Å². The number of thiophene rings is 1. The van der Waals surface area contributed by atoms with Crippen molar-refractivity contribution in [1.82, 2.24) is 24.3 Å². The number of fused-ring (bicyclic) bond motifs is 4. The van der Waals surface area contributed by atoms with Crippen molar-refractivity contribution in [2.75, 3.05) is 20.1 Å². The second-order valence-electron chi connectivity index (χ2n) is 8.52. The van der Waals surface area contributed by atoms with Gasteiger partial charge >= 0.3 is 0 Å². The van der Waals surface area contributed by atoms with Crippen LogP contribution in [-0.4, -0.2) is 44.5 Å². The number of hydrogen-bond acceptors (Lipinski definition) is 5. The van der Waals surface area contributed by atoms with Crippen LogP contribution in [0.3, 0.4) is 0 Å². The number of hydrogen-bond donors (Lipinski definition) is 1. The molecular weight excluding hydrogens is 382 g/mol. The van der Waals surface area contributed by atoms with Gasteiger partial charge in [-0.3, -0.25) is 14.6 Å².